The number of Topliss-reactive ketones (excluding diaryl/α,β-unsaturated/α-hetero) is 1. The van der Waals surface area contributed by atoms with Gasteiger partial charge in [0.1, 0.15) is 5.58 Å². The minimum absolute atomic E-state index is 0.0128. The van der Waals surface area contributed by atoms with Crippen LogP contribution in [0.2, 0.25) is 0 Å². The fourth-order valence-electron chi connectivity index (χ4n) is 1.75. The first kappa shape index (κ1) is 10.7. The van der Waals surface area contributed by atoms with Crippen molar-refractivity contribution in [2.75, 3.05) is 0 Å². The van der Waals surface area contributed by atoms with Gasteiger partial charge in [0.25, 0.3) is 0 Å². The molecule has 1 aromatic carbocycles. The van der Waals surface area contributed by atoms with E-state index in [1.165, 1.54) is 0 Å². The van der Waals surface area contributed by atoms with Crippen molar-refractivity contribution < 1.29 is 9.21 Å². The number of fused-ring (bicyclic) bond motifs is 1. The van der Waals surface area contributed by atoms with Gasteiger partial charge >= 0.3 is 0 Å². The van der Waals surface area contributed by atoms with E-state index in [9.17, 15) is 4.79 Å². The summed E-state index contributed by atoms with van der Waals surface area (Å²) in [6, 6.07) is 9.44. The van der Waals surface area contributed by atoms with Gasteiger partial charge in [0, 0.05) is 5.39 Å². The molecule has 0 radical (unpaired) electrons. The van der Waals surface area contributed by atoms with Crippen molar-refractivity contribution in [1.29, 1.82) is 0 Å². The van der Waals surface area contributed by atoms with E-state index in [4.69, 9.17) is 4.42 Å². The molecule has 2 nitrogen and oxygen atoms in total. The molecule has 2 aromatic rings. The molecule has 0 N–H and O–H groups in total. The Hall–Kier alpha value is -1.83. The van der Waals surface area contributed by atoms with Gasteiger partial charge in [-0.05, 0) is 31.1 Å². The zero-order valence-electron chi connectivity index (χ0n) is 9.49. The number of hydrogen-bond donors (Lipinski definition) is 0. The predicted molar refractivity (Wildman–Crippen MR) is 64.6 cm³/mol. The van der Waals surface area contributed by atoms with E-state index in [1.807, 2.05) is 44.2 Å². The second-order valence-corrected chi connectivity index (χ2v) is 3.65. The Balaban J connectivity index is 2.44. The average molecular weight is 214 g/mol. The van der Waals surface area contributed by atoms with Crippen molar-refractivity contribution in [2.24, 2.45) is 0 Å². The van der Waals surface area contributed by atoms with Crippen LogP contribution in [0.5, 0.6) is 0 Å². The Morgan fingerprint density at radius 2 is 2.12 bits per heavy atom. The third-order valence-corrected chi connectivity index (χ3v) is 2.67. The highest BCUT2D eigenvalue weighted by molar-refractivity contribution is 6.08. The minimum Gasteiger partial charge on any atom is -0.453 e. The van der Waals surface area contributed by atoms with Crippen LogP contribution in [0.25, 0.3) is 11.0 Å². The van der Waals surface area contributed by atoms with Gasteiger partial charge in [0.15, 0.2) is 5.76 Å². The van der Waals surface area contributed by atoms with E-state index in [-0.39, 0.29) is 5.78 Å². The van der Waals surface area contributed by atoms with Gasteiger partial charge in [-0.3, -0.25) is 4.79 Å². The molecule has 0 aliphatic heterocycles. The molecule has 1 heterocycles. The van der Waals surface area contributed by atoms with E-state index in [1.54, 1.807) is 6.07 Å². The van der Waals surface area contributed by atoms with Crippen LogP contribution in [0.3, 0.4) is 0 Å². The minimum atomic E-state index is -0.0128. The molecule has 0 bridgehead atoms. The first-order valence-corrected chi connectivity index (χ1v) is 5.44. The molecule has 82 valence electrons. The second kappa shape index (κ2) is 4.35. The number of allylic oxidation sites excluding steroid dienone is 2. The highest BCUT2D eigenvalue weighted by atomic mass is 16.3. The normalized spacial score (nSPS) is 12.0. The monoisotopic (exact) mass is 214 g/mol. The largest absolute Gasteiger partial charge is 0.453 e. The van der Waals surface area contributed by atoms with Crippen molar-refractivity contribution in [3.05, 3.63) is 47.7 Å². The summed E-state index contributed by atoms with van der Waals surface area (Å²) in [5.41, 5.74) is 1.55. The second-order valence-electron chi connectivity index (χ2n) is 3.65. The Bertz CT molecular complexity index is 514. The lowest BCUT2D eigenvalue weighted by Crippen LogP contribution is -2.00. The number of benzene rings is 1. The topological polar surface area (TPSA) is 30.2 Å². The van der Waals surface area contributed by atoms with E-state index in [0.29, 0.717) is 5.76 Å². The molecule has 0 saturated carbocycles. The highest BCUT2D eigenvalue weighted by Gasteiger charge is 2.14. The smallest absolute Gasteiger partial charge is 0.223 e. The maximum atomic E-state index is 12.0. The molecule has 0 atom stereocenters. The summed E-state index contributed by atoms with van der Waals surface area (Å²) >= 11 is 0. The standard InChI is InChI=1S/C14H14O2/c1-3-10(4-2)14(15)13-9-11-7-5-6-8-12(11)16-13/h3,5-9H,4H2,1-2H3/b10-3-. The first-order chi connectivity index (χ1) is 7.76. The molecule has 1 aromatic heterocycles. The number of rotatable bonds is 3. The molecule has 2 rings (SSSR count). The van der Waals surface area contributed by atoms with Gasteiger partial charge < -0.3 is 4.42 Å². The Morgan fingerprint density at radius 3 is 2.75 bits per heavy atom. The van der Waals surface area contributed by atoms with Crippen molar-refractivity contribution in [3.8, 4) is 0 Å². The van der Waals surface area contributed by atoms with Gasteiger partial charge in [-0.25, -0.2) is 0 Å². The molecule has 0 aliphatic rings. The number of ketones is 1. The lowest BCUT2D eigenvalue weighted by molar-refractivity contribution is 0.100. The SMILES string of the molecule is C/C=C(/CC)C(=O)c1cc2ccccc2o1. The van der Waals surface area contributed by atoms with Crippen molar-refractivity contribution >= 4 is 16.8 Å². The molecule has 0 unspecified atom stereocenters. The van der Waals surface area contributed by atoms with E-state index in [0.717, 1.165) is 23.0 Å². The van der Waals surface area contributed by atoms with Crippen LogP contribution in [0.15, 0.2) is 46.4 Å². The number of carbonyl (C=O) groups excluding carboxylic acids is 1. The predicted octanol–water partition coefficient (Wildman–Crippen LogP) is 3.97. The van der Waals surface area contributed by atoms with Gasteiger partial charge in [-0.1, -0.05) is 31.2 Å². The van der Waals surface area contributed by atoms with Crippen LogP contribution in [-0.4, -0.2) is 5.78 Å². The van der Waals surface area contributed by atoms with Crippen LogP contribution in [0.4, 0.5) is 0 Å². The van der Waals surface area contributed by atoms with E-state index < -0.39 is 0 Å². The molecule has 0 saturated heterocycles. The molecule has 0 aliphatic carbocycles. The molecule has 0 fully saturated rings. The highest BCUT2D eigenvalue weighted by Crippen LogP contribution is 2.21. The zero-order valence-corrected chi connectivity index (χ0v) is 9.49. The fourth-order valence-corrected chi connectivity index (χ4v) is 1.75. The fraction of sp³-hybridized carbons (Fsp3) is 0.214. The van der Waals surface area contributed by atoms with Crippen LogP contribution in [0.1, 0.15) is 30.8 Å². The molecular weight excluding hydrogens is 200 g/mol. The maximum absolute atomic E-state index is 12.0. The molecule has 0 spiro atoms. The summed E-state index contributed by atoms with van der Waals surface area (Å²) < 4.78 is 5.52. The number of carbonyl (C=O) groups is 1. The van der Waals surface area contributed by atoms with Crippen LogP contribution >= 0.6 is 0 Å². The van der Waals surface area contributed by atoms with Crippen LogP contribution in [-0.2, 0) is 0 Å². The van der Waals surface area contributed by atoms with Gasteiger partial charge in [-0.2, -0.15) is 0 Å². The summed E-state index contributed by atoms with van der Waals surface area (Å²) in [6.07, 6.45) is 2.57. The summed E-state index contributed by atoms with van der Waals surface area (Å²) in [7, 11) is 0. The third kappa shape index (κ3) is 1.78. The van der Waals surface area contributed by atoms with Gasteiger partial charge in [0.2, 0.25) is 5.78 Å². The number of para-hydroxylation sites is 1. The number of furan rings is 1. The summed E-state index contributed by atoms with van der Waals surface area (Å²) in [6.45, 7) is 3.84. The summed E-state index contributed by atoms with van der Waals surface area (Å²) in [5, 5.41) is 0.970. The lowest BCUT2D eigenvalue weighted by Gasteiger charge is -1.98. The summed E-state index contributed by atoms with van der Waals surface area (Å²) in [5.74, 6) is 0.414. The van der Waals surface area contributed by atoms with Gasteiger partial charge in [-0.15, -0.1) is 0 Å². The lowest BCUT2D eigenvalue weighted by atomic mass is 10.1. The number of hydrogen-bond acceptors (Lipinski definition) is 2. The first-order valence-electron chi connectivity index (χ1n) is 5.44. The van der Waals surface area contributed by atoms with Crippen molar-refractivity contribution in [1.82, 2.24) is 0 Å². The molecule has 2 heteroatoms. The quantitative estimate of drug-likeness (QED) is 0.571. The Labute approximate surface area is 94.6 Å². The van der Waals surface area contributed by atoms with Crippen LogP contribution in [0, 0.1) is 0 Å². The van der Waals surface area contributed by atoms with E-state index in [2.05, 4.69) is 0 Å². The zero-order chi connectivity index (χ0) is 11.5. The Morgan fingerprint density at radius 1 is 1.38 bits per heavy atom. The summed E-state index contributed by atoms with van der Waals surface area (Å²) in [4.78, 5) is 12.0. The van der Waals surface area contributed by atoms with Crippen molar-refractivity contribution in [3.63, 3.8) is 0 Å². The molecular formula is C14H14O2. The molecule has 16 heavy (non-hydrogen) atoms. The van der Waals surface area contributed by atoms with Crippen molar-refractivity contribution in [2.45, 2.75) is 20.3 Å². The maximum Gasteiger partial charge on any atom is 0.223 e. The van der Waals surface area contributed by atoms with E-state index >= 15 is 0 Å². The average Bonchev–Trinajstić information content (AvgIpc) is 2.74. The Kier molecular flexibility index (Phi) is 2.91. The molecule has 0 amide bonds. The van der Waals surface area contributed by atoms with Crippen LogP contribution < -0.4 is 0 Å². The third-order valence-electron chi connectivity index (χ3n) is 2.67. The van der Waals surface area contributed by atoms with Gasteiger partial charge in [0.05, 0.1) is 0 Å².